The maximum atomic E-state index is 12.4. The van der Waals surface area contributed by atoms with Crippen LogP contribution in [0.1, 0.15) is 11.1 Å². The molecule has 0 aliphatic rings. The Morgan fingerprint density at radius 3 is 2.67 bits per heavy atom. The number of aryl methyl sites for hydroxylation is 1. The Morgan fingerprint density at radius 1 is 1.33 bits per heavy atom. The average Bonchev–Trinajstić information content (AvgIpc) is 2.54. The third-order valence-corrected chi connectivity index (χ3v) is 4.64. The maximum absolute atomic E-state index is 12.4. The number of benzene rings is 1. The van der Waals surface area contributed by atoms with Crippen LogP contribution in [0, 0.1) is 6.92 Å². The highest BCUT2D eigenvalue weighted by molar-refractivity contribution is 7.92. The molecule has 0 radical (unpaired) electrons. The van der Waals surface area contributed by atoms with Crippen molar-refractivity contribution in [2.75, 3.05) is 11.9 Å². The first kappa shape index (κ1) is 17.5. The molecule has 0 spiro atoms. The highest BCUT2D eigenvalue weighted by Crippen LogP contribution is 2.17. The van der Waals surface area contributed by atoms with Crippen LogP contribution >= 0.6 is 0 Å². The lowest BCUT2D eigenvalue weighted by Crippen LogP contribution is -2.35. The Balaban J connectivity index is 2.43. The first-order valence-corrected chi connectivity index (χ1v) is 8.32. The van der Waals surface area contributed by atoms with Gasteiger partial charge in [-0.05, 0) is 30.7 Å². The number of carboxylic acids is 1. The number of methoxy groups -OCH3 is 1. The van der Waals surface area contributed by atoms with Crippen molar-refractivity contribution in [1.82, 2.24) is 4.68 Å². The molecule has 0 amide bonds. The van der Waals surface area contributed by atoms with Crippen LogP contribution < -0.4 is 15.1 Å². The molecule has 2 N–H and O–H groups in total. The van der Waals surface area contributed by atoms with E-state index in [9.17, 15) is 18.0 Å². The van der Waals surface area contributed by atoms with Crippen molar-refractivity contribution in [1.29, 1.82) is 0 Å². The van der Waals surface area contributed by atoms with E-state index in [1.54, 1.807) is 13.0 Å². The first-order chi connectivity index (χ1) is 11.2. The molecule has 0 fully saturated rings. The molecular formula is C15H16N2O6S. The van der Waals surface area contributed by atoms with Crippen LogP contribution in [0.3, 0.4) is 0 Å². The fourth-order valence-electron chi connectivity index (χ4n) is 2.06. The summed E-state index contributed by atoms with van der Waals surface area (Å²) in [5, 5.41) is 8.87. The van der Waals surface area contributed by atoms with E-state index in [1.165, 1.54) is 37.6 Å². The van der Waals surface area contributed by atoms with E-state index in [2.05, 4.69) is 4.83 Å². The summed E-state index contributed by atoms with van der Waals surface area (Å²) in [4.78, 5) is 25.2. The molecule has 9 heteroatoms. The van der Waals surface area contributed by atoms with Crippen molar-refractivity contribution in [3.05, 3.63) is 58.0 Å². The predicted octanol–water partition coefficient (Wildman–Crippen LogP) is 0.725. The van der Waals surface area contributed by atoms with Gasteiger partial charge in [-0.15, -0.1) is 0 Å². The summed E-state index contributed by atoms with van der Waals surface area (Å²) in [7, 11) is -2.64. The van der Waals surface area contributed by atoms with Gasteiger partial charge in [-0.25, -0.2) is 9.51 Å². The van der Waals surface area contributed by atoms with Gasteiger partial charge in [0.2, 0.25) is 0 Å². The second-order valence-corrected chi connectivity index (χ2v) is 6.66. The van der Waals surface area contributed by atoms with Gasteiger partial charge in [0.15, 0.2) is 0 Å². The van der Waals surface area contributed by atoms with Gasteiger partial charge in [0.25, 0.3) is 15.6 Å². The zero-order chi connectivity index (χ0) is 17.9. The largest absolute Gasteiger partial charge is 0.497 e. The number of carboxylic acid groups (broad SMARTS) is 1. The third-order valence-electron chi connectivity index (χ3n) is 3.32. The van der Waals surface area contributed by atoms with Crippen LogP contribution in [0.15, 0.2) is 46.2 Å². The fourth-order valence-corrected chi connectivity index (χ4v) is 3.09. The number of ether oxygens (including phenoxy) is 1. The van der Waals surface area contributed by atoms with E-state index in [0.29, 0.717) is 11.3 Å². The molecule has 0 aliphatic heterocycles. The van der Waals surface area contributed by atoms with Crippen LogP contribution in [0.5, 0.6) is 5.75 Å². The lowest BCUT2D eigenvalue weighted by atomic mass is 10.1. The van der Waals surface area contributed by atoms with Crippen LogP contribution in [-0.2, 0) is 21.2 Å². The second kappa shape index (κ2) is 6.75. The molecule has 2 aromatic rings. The van der Waals surface area contributed by atoms with Gasteiger partial charge in [0.05, 0.1) is 18.4 Å². The van der Waals surface area contributed by atoms with Crippen LogP contribution in [0.2, 0.25) is 0 Å². The molecule has 0 aliphatic carbocycles. The molecule has 24 heavy (non-hydrogen) atoms. The monoisotopic (exact) mass is 352 g/mol. The molecule has 0 saturated heterocycles. The SMILES string of the molecule is COc1cccc(S(=O)(=O)Nn2ccc(C)c(CC(=O)O)c2=O)c1. The van der Waals surface area contributed by atoms with Gasteiger partial charge in [0, 0.05) is 17.8 Å². The molecule has 0 bridgehead atoms. The average molecular weight is 352 g/mol. The molecule has 1 heterocycles. The zero-order valence-corrected chi connectivity index (χ0v) is 13.8. The van der Waals surface area contributed by atoms with Crippen LogP contribution in [0.4, 0.5) is 0 Å². The first-order valence-electron chi connectivity index (χ1n) is 6.84. The molecular weight excluding hydrogens is 336 g/mol. The van der Waals surface area contributed by atoms with Crippen LogP contribution in [0.25, 0.3) is 0 Å². The van der Waals surface area contributed by atoms with E-state index in [1.807, 2.05) is 0 Å². The molecule has 128 valence electrons. The third kappa shape index (κ3) is 3.74. The normalized spacial score (nSPS) is 11.1. The van der Waals surface area contributed by atoms with E-state index in [4.69, 9.17) is 9.84 Å². The summed E-state index contributed by atoms with van der Waals surface area (Å²) >= 11 is 0. The lowest BCUT2D eigenvalue weighted by Gasteiger charge is -2.13. The van der Waals surface area contributed by atoms with Gasteiger partial charge in [-0.3, -0.25) is 9.59 Å². The number of aromatic nitrogens is 1. The summed E-state index contributed by atoms with van der Waals surface area (Å²) < 4.78 is 30.5. The summed E-state index contributed by atoms with van der Waals surface area (Å²) in [6, 6.07) is 7.21. The van der Waals surface area contributed by atoms with Crippen molar-refractivity contribution >= 4 is 16.0 Å². The minimum atomic E-state index is -4.04. The Kier molecular flexibility index (Phi) is 4.93. The van der Waals surface area contributed by atoms with Gasteiger partial charge in [-0.2, -0.15) is 8.42 Å². The van der Waals surface area contributed by atoms with E-state index >= 15 is 0 Å². The Labute approximate surface area is 138 Å². The number of hydrogen-bond donors (Lipinski definition) is 2. The lowest BCUT2D eigenvalue weighted by molar-refractivity contribution is -0.136. The van der Waals surface area contributed by atoms with Crippen LogP contribution in [-0.4, -0.2) is 31.3 Å². The van der Waals surface area contributed by atoms with E-state index < -0.39 is 28.0 Å². The number of sulfonamides is 1. The van der Waals surface area contributed by atoms with Gasteiger partial charge < -0.3 is 9.84 Å². The summed E-state index contributed by atoms with van der Waals surface area (Å²) in [5.41, 5.74) is -0.249. The maximum Gasteiger partial charge on any atom is 0.308 e. The minimum Gasteiger partial charge on any atom is -0.497 e. The number of aliphatic carboxylic acids is 1. The summed E-state index contributed by atoms with van der Waals surface area (Å²) in [5.74, 6) is -0.829. The Bertz CT molecular complexity index is 933. The van der Waals surface area contributed by atoms with E-state index in [-0.39, 0.29) is 10.5 Å². The van der Waals surface area contributed by atoms with Crippen molar-refractivity contribution in [3.8, 4) is 5.75 Å². The molecule has 0 atom stereocenters. The van der Waals surface area contributed by atoms with Gasteiger partial charge >= 0.3 is 5.97 Å². The number of pyridine rings is 1. The zero-order valence-electron chi connectivity index (χ0n) is 13.0. The molecule has 8 nitrogen and oxygen atoms in total. The molecule has 0 saturated carbocycles. The fraction of sp³-hybridized carbons (Fsp3) is 0.200. The number of hydrogen-bond acceptors (Lipinski definition) is 5. The van der Waals surface area contributed by atoms with Gasteiger partial charge in [0.1, 0.15) is 5.75 Å². The number of carbonyl (C=O) groups is 1. The van der Waals surface area contributed by atoms with Crippen molar-refractivity contribution in [2.24, 2.45) is 0 Å². The Morgan fingerprint density at radius 2 is 2.04 bits per heavy atom. The molecule has 2 rings (SSSR count). The molecule has 1 aromatic carbocycles. The van der Waals surface area contributed by atoms with Crippen molar-refractivity contribution in [2.45, 2.75) is 18.2 Å². The number of nitrogens with one attached hydrogen (secondary N) is 1. The second-order valence-electron chi connectivity index (χ2n) is 5.00. The number of rotatable bonds is 6. The highest BCUT2D eigenvalue weighted by Gasteiger charge is 2.18. The Hall–Kier alpha value is -2.81. The molecule has 0 unspecified atom stereocenters. The standard InChI is InChI=1S/C15H16N2O6S/c1-10-6-7-17(15(20)13(10)9-14(18)19)16-24(21,22)12-5-3-4-11(8-12)23-2/h3-8,16H,9H2,1-2H3,(H,18,19). The smallest absolute Gasteiger partial charge is 0.308 e. The van der Waals surface area contributed by atoms with Crippen molar-refractivity contribution in [3.63, 3.8) is 0 Å². The van der Waals surface area contributed by atoms with E-state index in [0.717, 1.165) is 4.68 Å². The quantitative estimate of drug-likeness (QED) is 0.792. The number of nitrogens with zero attached hydrogens (tertiary/aromatic N) is 1. The summed E-state index contributed by atoms with van der Waals surface area (Å²) in [6.45, 7) is 1.58. The van der Waals surface area contributed by atoms with Gasteiger partial charge in [-0.1, -0.05) is 6.07 Å². The highest BCUT2D eigenvalue weighted by atomic mass is 32.2. The topological polar surface area (TPSA) is 115 Å². The molecule has 1 aromatic heterocycles. The van der Waals surface area contributed by atoms with Crippen molar-refractivity contribution < 1.29 is 23.1 Å². The minimum absolute atomic E-state index is 0.0124. The summed E-state index contributed by atoms with van der Waals surface area (Å²) in [6.07, 6.45) is 0.743. The predicted molar refractivity (Wildman–Crippen MR) is 86.3 cm³/mol.